The summed E-state index contributed by atoms with van der Waals surface area (Å²) < 4.78 is 26.1. The van der Waals surface area contributed by atoms with Crippen LogP contribution in [0.25, 0.3) is 0 Å². The Hall–Kier alpha value is -0.720. The molecule has 0 saturated carbocycles. The van der Waals surface area contributed by atoms with Gasteiger partial charge in [-0.15, -0.1) is 0 Å². The Labute approximate surface area is 106 Å². The van der Waals surface area contributed by atoms with Gasteiger partial charge in [0.1, 0.15) is 5.75 Å². The minimum atomic E-state index is -3.45. The molecule has 6 heteroatoms. The molecule has 0 radical (unpaired) electrons. The second-order valence-corrected chi connectivity index (χ2v) is 7.03. The number of hydrogen-bond acceptors (Lipinski definition) is 4. The fourth-order valence-electron chi connectivity index (χ4n) is 1.76. The normalized spacial score (nSPS) is 18.8. The first kappa shape index (κ1) is 12.7. The van der Waals surface area contributed by atoms with Crippen molar-refractivity contribution in [1.82, 2.24) is 4.31 Å². The summed E-state index contributed by atoms with van der Waals surface area (Å²) in [5.41, 5.74) is 0. The highest BCUT2D eigenvalue weighted by molar-refractivity contribution is 7.99. The number of phenols is 1. The molecule has 94 valence electrons. The van der Waals surface area contributed by atoms with Crippen LogP contribution in [0.2, 0.25) is 0 Å². The van der Waals surface area contributed by atoms with Crippen LogP contribution in [0, 0.1) is 0 Å². The Bertz CT molecular complexity index is 479. The maximum Gasteiger partial charge on any atom is 0.243 e. The average molecular weight is 273 g/mol. The highest BCUT2D eigenvalue weighted by Crippen LogP contribution is 2.22. The van der Waals surface area contributed by atoms with E-state index in [1.165, 1.54) is 22.5 Å². The van der Waals surface area contributed by atoms with Crippen molar-refractivity contribution < 1.29 is 13.5 Å². The summed E-state index contributed by atoms with van der Waals surface area (Å²) in [6, 6.07) is 5.84. The van der Waals surface area contributed by atoms with Gasteiger partial charge < -0.3 is 5.11 Å². The van der Waals surface area contributed by atoms with Gasteiger partial charge in [0.05, 0.1) is 4.90 Å². The van der Waals surface area contributed by atoms with E-state index >= 15 is 0 Å². The first-order chi connectivity index (χ1) is 8.10. The summed E-state index contributed by atoms with van der Waals surface area (Å²) in [6.45, 7) is 1.10. The zero-order valence-corrected chi connectivity index (χ0v) is 11.0. The summed E-state index contributed by atoms with van der Waals surface area (Å²) >= 11 is 1.78. The minimum absolute atomic E-state index is 0.0183. The maximum absolute atomic E-state index is 12.3. The Morgan fingerprint density at radius 2 is 2.06 bits per heavy atom. The lowest BCUT2D eigenvalue weighted by Crippen LogP contribution is -2.32. The molecule has 2 rings (SSSR count). The molecule has 0 bridgehead atoms. The van der Waals surface area contributed by atoms with E-state index in [0.29, 0.717) is 13.1 Å². The zero-order valence-electron chi connectivity index (χ0n) is 9.37. The number of phenolic OH excluding ortho intramolecular Hbond substituents is 1. The Morgan fingerprint density at radius 1 is 1.24 bits per heavy atom. The molecule has 1 saturated heterocycles. The quantitative estimate of drug-likeness (QED) is 0.887. The van der Waals surface area contributed by atoms with Crippen molar-refractivity contribution in [2.45, 2.75) is 11.3 Å². The van der Waals surface area contributed by atoms with Crippen LogP contribution in [0.4, 0.5) is 0 Å². The fourth-order valence-corrected chi connectivity index (χ4v) is 4.28. The number of benzene rings is 1. The van der Waals surface area contributed by atoms with E-state index in [1.54, 1.807) is 17.8 Å². The van der Waals surface area contributed by atoms with E-state index < -0.39 is 10.0 Å². The van der Waals surface area contributed by atoms with Gasteiger partial charge in [-0.3, -0.25) is 0 Å². The Kier molecular flexibility index (Phi) is 3.96. The van der Waals surface area contributed by atoms with Gasteiger partial charge in [0.25, 0.3) is 0 Å². The number of rotatable bonds is 2. The highest BCUT2D eigenvalue weighted by atomic mass is 32.2. The van der Waals surface area contributed by atoms with Crippen LogP contribution in [0.5, 0.6) is 5.75 Å². The minimum Gasteiger partial charge on any atom is -0.508 e. The molecule has 0 spiro atoms. The second kappa shape index (κ2) is 5.29. The highest BCUT2D eigenvalue weighted by Gasteiger charge is 2.25. The second-order valence-electron chi connectivity index (χ2n) is 3.87. The van der Waals surface area contributed by atoms with E-state index in [9.17, 15) is 13.5 Å². The number of thioether (sulfide) groups is 1. The van der Waals surface area contributed by atoms with Crippen LogP contribution in [0.1, 0.15) is 6.42 Å². The third-order valence-corrected chi connectivity index (χ3v) is 5.58. The molecule has 0 aromatic heterocycles. The SMILES string of the molecule is O=S(=O)(c1cccc(O)c1)N1CCCSCC1. The smallest absolute Gasteiger partial charge is 0.243 e. The summed E-state index contributed by atoms with van der Waals surface area (Å²) in [7, 11) is -3.45. The van der Waals surface area contributed by atoms with Gasteiger partial charge in [0, 0.05) is 18.8 Å². The summed E-state index contributed by atoms with van der Waals surface area (Å²) in [6.07, 6.45) is 0.878. The lowest BCUT2D eigenvalue weighted by Gasteiger charge is -2.19. The van der Waals surface area contributed by atoms with Gasteiger partial charge in [-0.25, -0.2) is 8.42 Å². The molecule has 1 aliphatic rings. The molecule has 0 atom stereocenters. The Balaban J connectivity index is 2.28. The average Bonchev–Trinajstić information content (AvgIpc) is 2.58. The van der Waals surface area contributed by atoms with Gasteiger partial charge >= 0.3 is 0 Å². The largest absolute Gasteiger partial charge is 0.508 e. The van der Waals surface area contributed by atoms with Gasteiger partial charge in [-0.2, -0.15) is 16.1 Å². The standard InChI is InChI=1S/C11H15NO3S2/c13-10-3-1-4-11(9-10)17(14,15)12-5-2-7-16-8-6-12/h1,3-4,9,13H,2,5-8H2. The zero-order chi connectivity index (χ0) is 12.3. The van der Waals surface area contributed by atoms with E-state index in [4.69, 9.17) is 0 Å². The molecule has 1 N–H and O–H groups in total. The van der Waals surface area contributed by atoms with E-state index in [0.717, 1.165) is 17.9 Å². The molecule has 1 aromatic rings. The van der Waals surface area contributed by atoms with Crippen LogP contribution >= 0.6 is 11.8 Å². The summed E-state index contributed by atoms with van der Waals surface area (Å²) in [5, 5.41) is 9.34. The molecule has 0 amide bonds. The third kappa shape index (κ3) is 2.94. The van der Waals surface area contributed by atoms with Crippen molar-refractivity contribution in [1.29, 1.82) is 0 Å². The summed E-state index contributed by atoms with van der Waals surface area (Å²) in [5.74, 6) is 1.82. The lowest BCUT2D eigenvalue weighted by atomic mass is 10.3. The fraction of sp³-hybridized carbons (Fsp3) is 0.455. The van der Waals surface area contributed by atoms with Crippen LogP contribution < -0.4 is 0 Å². The number of sulfonamides is 1. The molecule has 17 heavy (non-hydrogen) atoms. The van der Waals surface area contributed by atoms with Gasteiger partial charge in [0.2, 0.25) is 10.0 Å². The first-order valence-electron chi connectivity index (χ1n) is 5.47. The molecule has 1 aromatic carbocycles. The molecule has 0 aliphatic carbocycles. The van der Waals surface area contributed by atoms with Crippen molar-refractivity contribution in [2.75, 3.05) is 24.6 Å². The van der Waals surface area contributed by atoms with E-state index in [1.807, 2.05) is 0 Å². The Morgan fingerprint density at radius 3 is 2.82 bits per heavy atom. The number of nitrogens with zero attached hydrogens (tertiary/aromatic N) is 1. The molecule has 0 unspecified atom stereocenters. The molecule has 1 aliphatic heterocycles. The predicted octanol–water partition coefficient (Wildman–Crippen LogP) is 1.52. The molecular formula is C11H15NO3S2. The number of aromatic hydroxyl groups is 1. The van der Waals surface area contributed by atoms with Crippen LogP contribution in [-0.2, 0) is 10.0 Å². The predicted molar refractivity (Wildman–Crippen MR) is 68.8 cm³/mol. The van der Waals surface area contributed by atoms with Gasteiger partial charge in [-0.1, -0.05) is 6.07 Å². The first-order valence-corrected chi connectivity index (χ1v) is 8.07. The number of hydrogen-bond donors (Lipinski definition) is 1. The van der Waals surface area contributed by atoms with Crippen LogP contribution in [-0.4, -0.2) is 42.4 Å². The van der Waals surface area contributed by atoms with Crippen LogP contribution in [0.15, 0.2) is 29.2 Å². The molecule has 1 fully saturated rings. The maximum atomic E-state index is 12.3. The van der Waals surface area contributed by atoms with Crippen molar-refractivity contribution in [3.8, 4) is 5.75 Å². The molecular weight excluding hydrogens is 258 g/mol. The van der Waals surface area contributed by atoms with Crippen molar-refractivity contribution in [3.05, 3.63) is 24.3 Å². The van der Waals surface area contributed by atoms with E-state index in [-0.39, 0.29) is 10.6 Å². The lowest BCUT2D eigenvalue weighted by molar-refractivity contribution is 0.433. The van der Waals surface area contributed by atoms with Crippen molar-refractivity contribution in [2.24, 2.45) is 0 Å². The van der Waals surface area contributed by atoms with Crippen LogP contribution in [0.3, 0.4) is 0 Å². The van der Waals surface area contributed by atoms with Gasteiger partial charge in [0.15, 0.2) is 0 Å². The van der Waals surface area contributed by atoms with Gasteiger partial charge in [-0.05, 0) is 30.4 Å². The van der Waals surface area contributed by atoms with E-state index in [2.05, 4.69) is 0 Å². The topological polar surface area (TPSA) is 57.6 Å². The van der Waals surface area contributed by atoms with Crippen molar-refractivity contribution in [3.63, 3.8) is 0 Å². The third-order valence-electron chi connectivity index (χ3n) is 2.64. The van der Waals surface area contributed by atoms with Crippen molar-refractivity contribution >= 4 is 21.8 Å². The summed E-state index contributed by atoms with van der Waals surface area (Å²) in [4.78, 5) is 0.171. The monoisotopic (exact) mass is 273 g/mol. The molecule has 4 nitrogen and oxygen atoms in total. The molecule has 1 heterocycles.